The predicted molar refractivity (Wildman–Crippen MR) is 101 cm³/mol. The second-order valence-electron chi connectivity index (χ2n) is 5.72. The maximum Gasteiger partial charge on any atom is 0.277 e. The maximum absolute atomic E-state index is 12.2. The van der Waals surface area contributed by atoms with Crippen molar-refractivity contribution in [3.05, 3.63) is 62.4 Å². The molecule has 0 bridgehead atoms. The molecule has 0 aliphatic heterocycles. The van der Waals surface area contributed by atoms with Crippen molar-refractivity contribution in [2.75, 3.05) is 0 Å². The monoisotopic (exact) mass is 385 g/mol. The van der Waals surface area contributed by atoms with Crippen molar-refractivity contribution >= 4 is 34.0 Å². The number of aromatic nitrogens is 5. The minimum atomic E-state index is -0.150. The fourth-order valence-electron chi connectivity index (χ4n) is 2.51. The summed E-state index contributed by atoms with van der Waals surface area (Å²) in [6, 6.07) is 7.26. The molecule has 3 aromatic heterocycles. The van der Waals surface area contributed by atoms with E-state index in [1.165, 1.54) is 11.8 Å². The van der Waals surface area contributed by atoms with Gasteiger partial charge in [0.2, 0.25) is 5.89 Å². The van der Waals surface area contributed by atoms with Gasteiger partial charge in [-0.05, 0) is 26.0 Å². The number of aryl methyl sites for hydroxylation is 1. The smallest absolute Gasteiger partial charge is 0.277 e. The van der Waals surface area contributed by atoms with E-state index in [9.17, 15) is 4.79 Å². The summed E-state index contributed by atoms with van der Waals surface area (Å²) in [4.78, 5) is 24.0. The Morgan fingerprint density at radius 1 is 1.27 bits per heavy atom. The molecule has 1 N–H and O–H groups in total. The van der Waals surface area contributed by atoms with Gasteiger partial charge in [0, 0.05) is 5.38 Å². The van der Waals surface area contributed by atoms with Crippen LogP contribution < -0.4 is 5.56 Å². The van der Waals surface area contributed by atoms with Crippen LogP contribution in [-0.2, 0) is 6.42 Å². The summed E-state index contributed by atoms with van der Waals surface area (Å²) in [7, 11) is 0. The van der Waals surface area contributed by atoms with Crippen LogP contribution in [0.25, 0.3) is 10.9 Å². The number of hydrogen-bond donors (Lipinski definition) is 1. The van der Waals surface area contributed by atoms with E-state index in [1.807, 2.05) is 37.4 Å². The van der Waals surface area contributed by atoms with E-state index in [2.05, 4.69) is 25.1 Å². The first-order valence-corrected chi connectivity index (χ1v) is 9.73. The zero-order chi connectivity index (χ0) is 18.1. The van der Waals surface area contributed by atoms with Crippen molar-refractivity contribution in [2.24, 2.45) is 0 Å². The Bertz CT molecular complexity index is 1120. The van der Waals surface area contributed by atoms with Crippen LogP contribution in [0.2, 0.25) is 0 Å². The van der Waals surface area contributed by atoms with Gasteiger partial charge in [0.1, 0.15) is 5.82 Å². The number of para-hydroxylation sites is 1. The lowest BCUT2D eigenvalue weighted by Crippen LogP contribution is -2.12. The number of H-pyrrole nitrogens is 1. The van der Waals surface area contributed by atoms with Crippen LogP contribution in [0, 0.1) is 6.92 Å². The Morgan fingerprint density at radius 2 is 2.12 bits per heavy atom. The summed E-state index contributed by atoms with van der Waals surface area (Å²) < 4.78 is 5.69. The summed E-state index contributed by atoms with van der Waals surface area (Å²) in [6.07, 6.45) is 0.511. The molecule has 132 valence electrons. The molecule has 0 saturated carbocycles. The van der Waals surface area contributed by atoms with Gasteiger partial charge in [0.25, 0.3) is 10.8 Å². The van der Waals surface area contributed by atoms with Crippen molar-refractivity contribution in [2.45, 2.75) is 30.7 Å². The number of thiazole rings is 1. The molecule has 26 heavy (non-hydrogen) atoms. The zero-order valence-electron chi connectivity index (χ0n) is 14.1. The van der Waals surface area contributed by atoms with Crippen LogP contribution in [0.5, 0.6) is 0 Å². The van der Waals surface area contributed by atoms with E-state index in [0.29, 0.717) is 34.3 Å². The molecule has 1 atom stereocenters. The van der Waals surface area contributed by atoms with Gasteiger partial charge in [0.15, 0.2) is 0 Å². The van der Waals surface area contributed by atoms with E-state index < -0.39 is 0 Å². The van der Waals surface area contributed by atoms with Crippen LogP contribution >= 0.6 is 23.1 Å². The first kappa shape index (κ1) is 16.9. The zero-order valence-corrected chi connectivity index (χ0v) is 15.7. The van der Waals surface area contributed by atoms with Gasteiger partial charge in [-0.2, -0.15) is 0 Å². The van der Waals surface area contributed by atoms with Gasteiger partial charge >= 0.3 is 0 Å². The number of aromatic amines is 1. The highest BCUT2D eigenvalue weighted by atomic mass is 32.2. The molecular weight excluding hydrogens is 370 g/mol. The Labute approximate surface area is 156 Å². The number of benzene rings is 1. The largest absolute Gasteiger partial charge is 0.416 e. The van der Waals surface area contributed by atoms with E-state index in [-0.39, 0.29) is 10.8 Å². The fraction of sp³-hybridized carbons (Fsp3) is 0.235. The van der Waals surface area contributed by atoms with Crippen LogP contribution in [0.1, 0.15) is 34.6 Å². The molecule has 4 rings (SSSR count). The maximum atomic E-state index is 12.2. The minimum absolute atomic E-state index is 0.137. The first-order chi connectivity index (χ1) is 12.6. The van der Waals surface area contributed by atoms with E-state index >= 15 is 0 Å². The van der Waals surface area contributed by atoms with Crippen molar-refractivity contribution in [1.82, 2.24) is 25.1 Å². The van der Waals surface area contributed by atoms with Gasteiger partial charge in [-0.3, -0.25) is 4.79 Å². The molecule has 0 unspecified atom stereocenters. The van der Waals surface area contributed by atoms with Gasteiger partial charge in [-0.25, -0.2) is 9.97 Å². The SMILES string of the molecule is Cc1nc(Cc2nnc(S[C@@H](C)c3nc4ccccc4c(=O)[nH]3)o2)cs1. The molecular formula is C17H15N5O2S2. The van der Waals surface area contributed by atoms with Gasteiger partial charge in [-0.1, -0.05) is 23.9 Å². The average Bonchev–Trinajstić information content (AvgIpc) is 3.24. The number of thioether (sulfide) groups is 1. The number of fused-ring (bicyclic) bond motifs is 1. The van der Waals surface area contributed by atoms with Crippen LogP contribution in [0.3, 0.4) is 0 Å². The van der Waals surface area contributed by atoms with Crippen molar-refractivity contribution in [1.29, 1.82) is 0 Å². The Morgan fingerprint density at radius 3 is 2.92 bits per heavy atom. The third-order valence-electron chi connectivity index (χ3n) is 3.74. The highest BCUT2D eigenvalue weighted by Crippen LogP contribution is 2.32. The predicted octanol–water partition coefficient (Wildman–Crippen LogP) is 3.52. The molecule has 0 radical (unpaired) electrons. The molecule has 0 aliphatic rings. The Hall–Kier alpha value is -2.52. The van der Waals surface area contributed by atoms with E-state index in [4.69, 9.17) is 4.42 Å². The molecule has 4 aromatic rings. The van der Waals surface area contributed by atoms with Crippen LogP contribution in [0.4, 0.5) is 0 Å². The van der Waals surface area contributed by atoms with E-state index in [0.717, 1.165) is 10.7 Å². The van der Waals surface area contributed by atoms with E-state index in [1.54, 1.807) is 17.4 Å². The van der Waals surface area contributed by atoms with Gasteiger partial charge in [0.05, 0.1) is 33.3 Å². The highest BCUT2D eigenvalue weighted by molar-refractivity contribution is 7.99. The number of hydrogen-bond acceptors (Lipinski definition) is 8. The second-order valence-corrected chi connectivity index (χ2v) is 8.08. The van der Waals surface area contributed by atoms with Crippen molar-refractivity contribution in [3.63, 3.8) is 0 Å². The average molecular weight is 385 g/mol. The Kier molecular flexibility index (Phi) is 4.56. The molecule has 1 aromatic carbocycles. The molecule has 9 heteroatoms. The molecule has 0 saturated heterocycles. The van der Waals surface area contributed by atoms with Crippen LogP contribution in [0.15, 0.2) is 44.1 Å². The third-order valence-corrected chi connectivity index (χ3v) is 5.51. The first-order valence-electron chi connectivity index (χ1n) is 7.97. The lowest BCUT2D eigenvalue weighted by molar-refractivity contribution is 0.418. The molecule has 0 amide bonds. The molecule has 0 aliphatic carbocycles. The molecule has 7 nitrogen and oxygen atoms in total. The molecule has 0 spiro atoms. The molecule has 3 heterocycles. The number of nitrogens with zero attached hydrogens (tertiary/aromatic N) is 4. The number of nitrogens with one attached hydrogen (secondary N) is 1. The van der Waals surface area contributed by atoms with Crippen molar-refractivity contribution in [3.8, 4) is 0 Å². The van der Waals surface area contributed by atoms with Crippen molar-refractivity contribution < 1.29 is 4.42 Å². The van der Waals surface area contributed by atoms with Gasteiger partial charge < -0.3 is 9.40 Å². The Balaban J connectivity index is 1.51. The summed E-state index contributed by atoms with van der Waals surface area (Å²) in [6.45, 7) is 3.90. The molecule has 0 fully saturated rings. The summed E-state index contributed by atoms with van der Waals surface area (Å²) in [5.41, 5.74) is 1.44. The fourth-order valence-corrected chi connectivity index (χ4v) is 3.88. The second kappa shape index (κ2) is 7.00. The van der Waals surface area contributed by atoms with Crippen LogP contribution in [-0.4, -0.2) is 25.1 Å². The number of rotatable bonds is 5. The normalized spacial score (nSPS) is 12.5. The summed E-state index contributed by atoms with van der Waals surface area (Å²) in [5.74, 6) is 1.10. The topological polar surface area (TPSA) is 97.6 Å². The standard InChI is InChI=1S/C17H15N5O2S2/c1-9(15-19-13-6-4-3-5-12(13)16(23)20-15)26-17-22-21-14(24-17)7-11-8-25-10(2)18-11/h3-6,8-9H,7H2,1-2H3,(H,19,20,23)/t9-/m0/s1. The third kappa shape index (κ3) is 3.54. The quantitative estimate of drug-likeness (QED) is 0.525. The summed E-state index contributed by atoms with van der Waals surface area (Å²) >= 11 is 2.95. The lowest BCUT2D eigenvalue weighted by Gasteiger charge is -2.08. The highest BCUT2D eigenvalue weighted by Gasteiger charge is 2.17. The lowest BCUT2D eigenvalue weighted by atomic mass is 10.2. The minimum Gasteiger partial charge on any atom is -0.416 e. The summed E-state index contributed by atoms with van der Waals surface area (Å²) in [5, 5.41) is 12.0. The van der Waals surface area contributed by atoms with Gasteiger partial charge in [-0.15, -0.1) is 21.5 Å².